The third-order valence-electron chi connectivity index (χ3n) is 5.22. The van der Waals surface area contributed by atoms with Gasteiger partial charge in [-0.05, 0) is 60.7 Å². The van der Waals surface area contributed by atoms with E-state index >= 15 is 0 Å². The number of nitrogens with zero attached hydrogens (tertiary/aromatic N) is 3. The van der Waals surface area contributed by atoms with Crippen LogP contribution in [-0.2, 0) is 12.8 Å². The summed E-state index contributed by atoms with van der Waals surface area (Å²) in [5.74, 6) is 0.306. The minimum Gasteiger partial charge on any atom is -0.384 e. The molecule has 28 heavy (non-hydrogen) atoms. The van der Waals surface area contributed by atoms with Gasteiger partial charge < -0.3 is 5.73 Å². The Morgan fingerprint density at radius 2 is 1.93 bits per heavy atom. The maximum Gasteiger partial charge on any atom is 0.274 e. The Morgan fingerprint density at radius 1 is 1.11 bits per heavy atom. The fourth-order valence-corrected chi connectivity index (χ4v) is 4.81. The zero-order chi connectivity index (χ0) is 19.3. The first kappa shape index (κ1) is 16.7. The molecule has 1 aliphatic rings. The fraction of sp³-hybridized carbons (Fsp3) is 0.136. The number of nitriles is 1. The molecule has 1 aliphatic carbocycles. The molecule has 2 aromatic heterocycles. The molecule has 5 rings (SSSR count). The molecular weight excluding hydrogens is 368 g/mol. The van der Waals surface area contributed by atoms with E-state index < -0.39 is 5.56 Å². The van der Waals surface area contributed by atoms with Crippen LogP contribution in [0.3, 0.4) is 0 Å². The molecule has 2 heterocycles. The quantitative estimate of drug-likeness (QED) is 0.565. The van der Waals surface area contributed by atoms with Gasteiger partial charge in [0.25, 0.3) is 5.56 Å². The van der Waals surface area contributed by atoms with Gasteiger partial charge in [-0.1, -0.05) is 18.2 Å². The maximum atomic E-state index is 12.9. The summed E-state index contributed by atoms with van der Waals surface area (Å²) in [6, 6.07) is 17.4. The smallest absolute Gasteiger partial charge is 0.274 e. The zero-order valence-corrected chi connectivity index (χ0v) is 15.8. The van der Waals surface area contributed by atoms with Crippen molar-refractivity contribution in [2.45, 2.75) is 19.3 Å². The second kappa shape index (κ2) is 6.32. The Labute approximate surface area is 165 Å². The Kier molecular flexibility index (Phi) is 3.78. The molecule has 0 amide bonds. The molecular formula is C22H16N4OS. The summed E-state index contributed by atoms with van der Waals surface area (Å²) in [6.45, 7) is 0. The number of aryl methyl sites for hydroxylation is 2. The molecule has 136 valence electrons. The molecule has 2 aromatic carbocycles. The van der Waals surface area contributed by atoms with E-state index in [0.29, 0.717) is 22.1 Å². The van der Waals surface area contributed by atoms with E-state index in [0.717, 1.165) is 29.5 Å². The number of hydrogen-bond donors (Lipinski definition) is 1. The van der Waals surface area contributed by atoms with E-state index in [2.05, 4.69) is 11.1 Å². The number of nitrogen functional groups attached to an aromatic ring is 1. The number of thiazole rings is 1. The third kappa shape index (κ3) is 2.52. The first-order chi connectivity index (χ1) is 13.7. The highest BCUT2D eigenvalue weighted by Gasteiger charge is 2.19. The number of fused-ring (bicyclic) bond motifs is 2. The SMILES string of the molecule is N#Cc1cc(-c2nc3ccccc3s2)c(N)n(-c2ccc3c(c2)CCC3)c1=O. The van der Waals surface area contributed by atoms with Crippen LogP contribution < -0.4 is 11.3 Å². The van der Waals surface area contributed by atoms with Crippen molar-refractivity contribution in [1.29, 1.82) is 5.26 Å². The molecule has 0 radical (unpaired) electrons. The van der Waals surface area contributed by atoms with Gasteiger partial charge in [0, 0.05) is 0 Å². The Hall–Kier alpha value is -3.43. The van der Waals surface area contributed by atoms with E-state index in [9.17, 15) is 10.1 Å². The Balaban J connectivity index is 1.77. The topological polar surface area (TPSA) is 84.7 Å². The number of anilines is 1. The monoisotopic (exact) mass is 384 g/mol. The third-order valence-corrected chi connectivity index (χ3v) is 6.29. The van der Waals surface area contributed by atoms with Crippen molar-refractivity contribution in [3.63, 3.8) is 0 Å². The number of hydrogen-bond acceptors (Lipinski definition) is 5. The Bertz CT molecular complexity index is 1310. The summed E-state index contributed by atoms with van der Waals surface area (Å²) in [4.78, 5) is 17.6. The van der Waals surface area contributed by atoms with E-state index in [1.54, 1.807) is 6.07 Å². The molecule has 0 bridgehead atoms. The molecule has 0 saturated carbocycles. The van der Waals surface area contributed by atoms with Gasteiger partial charge in [-0.15, -0.1) is 11.3 Å². The number of pyridine rings is 1. The lowest BCUT2D eigenvalue weighted by Gasteiger charge is -2.14. The van der Waals surface area contributed by atoms with Crippen molar-refractivity contribution in [3.8, 4) is 22.3 Å². The summed E-state index contributed by atoms with van der Waals surface area (Å²) in [5.41, 5.74) is 10.9. The van der Waals surface area contributed by atoms with Gasteiger partial charge >= 0.3 is 0 Å². The highest BCUT2D eigenvalue weighted by molar-refractivity contribution is 7.21. The van der Waals surface area contributed by atoms with Gasteiger partial charge in [-0.3, -0.25) is 9.36 Å². The van der Waals surface area contributed by atoms with Crippen LogP contribution in [0.2, 0.25) is 0 Å². The Morgan fingerprint density at radius 3 is 2.75 bits per heavy atom. The van der Waals surface area contributed by atoms with Gasteiger partial charge in [0.1, 0.15) is 22.5 Å². The minimum atomic E-state index is -0.400. The van der Waals surface area contributed by atoms with Gasteiger partial charge in [0.2, 0.25) is 0 Å². The largest absolute Gasteiger partial charge is 0.384 e. The van der Waals surface area contributed by atoms with Crippen molar-refractivity contribution < 1.29 is 0 Å². The van der Waals surface area contributed by atoms with Crippen molar-refractivity contribution in [1.82, 2.24) is 9.55 Å². The van der Waals surface area contributed by atoms with Crippen molar-refractivity contribution >= 4 is 27.4 Å². The zero-order valence-electron chi connectivity index (χ0n) is 15.0. The molecule has 0 unspecified atom stereocenters. The summed E-state index contributed by atoms with van der Waals surface area (Å²) < 4.78 is 2.48. The van der Waals surface area contributed by atoms with Crippen molar-refractivity contribution in [2.24, 2.45) is 0 Å². The number of benzene rings is 2. The summed E-state index contributed by atoms with van der Waals surface area (Å²) in [6.07, 6.45) is 3.19. The average molecular weight is 384 g/mol. The summed E-state index contributed by atoms with van der Waals surface area (Å²) in [7, 11) is 0. The van der Waals surface area contributed by atoms with Crippen LogP contribution in [0.15, 0.2) is 53.3 Å². The summed E-state index contributed by atoms with van der Waals surface area (Å²) >= 11 is 1.50. The number of nitrogens with two attached hydrogens (primary N) is 1. The van der Waals surface area contributed by atoms with E-state index in [-0.39, 0.29) is 5.56 Å². The van der Waals surface area contributed by atoms with Crippen LogP contribution in [0, 0.1) is 11.3 Å². The standard InChI is InChI=1S/C22H16N4OS/c23-12-15-11-17(21-25-18-6-1-2-7-19(18)28-21)20(24)26(22(15)27)16-9-8-13-4-3-5-14(13)10-16/h1-2,6-11H,3-5,24H2. The van der Waals surface area contributed by atoms with Crippen LogP contribution in [0.4, 0.5) is 5.82 Å². The number of rotatable bonds is 2. The highest BCUT2D eigenvalue weighted by Crippen LogP contribution is 2.34. The molecule has 0 aliphatic heterocycles. The first-order valence-electron chi connectivity index (χ1n) is 9.09. The van der Waals surface area contributed by atoms with E-state index in [4.69, 9.17) is 5.73 Å². The van der Waals surface area contributed by atoms with Crippen LogP contribution in [-0.4, -0.2) is 9.55 Å². The van der Waals surface area contributed by atoms with Crippen LogP contribution in [0.1, 0.15) is 23.1 Å². The molecule has 2 N–H and O–H groups in total. The lowest BCUT2D eigenvalue weighted by Crippen LogP contribution is -2.24. The van der Waals surface area contributed by atoms with Crippen LogP contribution in [0.25, 0.3) is 26.5 Å². The van der Waals surface area contributed by atoms with Crippen LogP contribution >= 0.6 is 11.3 Å². The fourth-order valence-electron chi connectivity index (χ4n) is 3.82. The average Bonchev–Trinajstić information content (AvgIpc) is 3.34. The van der Waals surface area contributed by atoms with Crippen molar-refractivity contribution in [2.75, 3.05) is 5.73 Å². The maximum absolute atomic E-state index is 12.9. The molecule has 6 heteroatoms. The molecule has 0 atom stereocenters. The van der Waals surface area contributed by atoms with Gasteiger partial charge in [0.15, 0.2) is 0 Å². The van der Waals surface area contributed by atoms with Crippen molar-refractivity contribution in [3.05, 3.63) is 75.6 Å². The molecule has 5 nitrogen and oxygen atoms in total. The lowest BCUT2D eigenvalue weighted by molar-refractivity contribution is 0.911. The number of aromatic nitrogens is 2. The number of para-hydroxylation sites is 1. The molecule has 4 aromatic rings. The normalized spacial score (nSPS) is 12.8. The molecule has 0 fully saturated rings. The van der Waals surface area contributed by atoms with E-state index in [1.807, 2.05) is 42.5 Å². The lowest BCUT2D eigenvalue weighted by atomic mass is 10.1. The van der Waals surface area contributed by atoms with Gasteiger partial charge in [0.05, 0.1) is 21.5 Å². The molecule has 0 saturated heterocycles. The first-order valence-corrected chi connectivity index (χ1v) is 9.91. The van der Waals surface area contributed by atoms with Gasteiger partial charge in [-0.2, -0.15) is 5.26 Å². The summed E-state index contributed by atoms with van der Waals surface area (Å²) in [5, 5.41) is 10.2. The van der Waals surface area contributed by atoms with Gasteiger partial charge in [-0.25, -0.2) is 4.98 Å². The second-order valence-electron chi connectivity index (χ2n) is 6.90. The second-order valence-corrected chi connectivity index (χ2v) is 7.93. The predicted molar refractivity (Wildman–Crippen MR) is 112 cm³/mol. The van der Waals surface area contributed by atoms with E-state index in [1.165, 1.54) is 27.0 Å². The molecule has 0 spiro atoms. The van der Waals surface area contributed by atoms with Crippen LogP contribution in [0.5, 0.6) is 0 Å². The highest BCUT2D eigenvalue weighted by atomic mass is 32.1. The predicted octanol–water partition coefficient (Wildman–Crippen LogP) is 4.06. The minimum absolute atomic E-state index is 0.0592.